The largest absolute Gasteiger partial charge is 0.393 e. The quantitative estimate of drug-likeness (QED) is 0.108. The number of carbonyl (C=O) groups is 1. The fraction of sp³-hybridized carbons (Fsp3) is 0.651. The fourth-order valence-corrected chi connectivity index (χ4v) is 9.07. The molecular formula is C43H63NO6. The van der Waals surface area contributed by atoms with Crippen LogP contribution in [0.4, 0.5) is 0 Å². The molecule has 6 rings (SSSR count). The monoisotopic (exact) mass is 689 g/mol. The van der Waals surface area contributed by atoms with Gasteiger partial charge >= 0.3 is 0 Å². The molecule has 4 aliphatic rings. The lowest BCUT2D eigenvalue weighted by Crippen LogP contribution is -2.54. The first-order chi connectivity index (χ1) is 24.1. The molecule has 4 aliphatic carbocycles. The molecule has 0 heterocycles. The Balaban J connectivity index is 1.43. The Bertz CT molecular complexity index is 1390. The number of aliphatic hydroxyl groups excluding tert-OH is 2. The number of ether oxygens (including phenoxy) is 2. The van der Waals surface area contributed by atoms with Crippen molar-refractivity contribution in [2.45, 2.75) is 128 Å². The van der Waals surface area contributed by atoms with Gasteiger partial charge in [-0.25, -0.2) is 0 Å². The Kier molecular flexibility index (Phi) is 14.3. The van der Waals surface area contributed by atoms with Crippen LogP contribution in [0.5, 0.6) is 0 Å². The number of aliphatic hydroxyl groups is 3. The van der Waals surface area contributed by atoms with Gasteiger partial charge < -0.3 is 24.8 Å². The number of ketones is 1. The Labute approximate surface area is 301 Å². The number of hydrogen-bond acceptors (Lipinski definition) is 7. The molecule has 0 radical (unpaired) electrons. The van der Waals surface area contributed by atoms with Crippen LogP contribution in [-0.4, -0.2) is 83.8 Å². The highest BCUT2D eigenvalue weighted by Crippen LogP contribution is 2.59. The minimum Gasteiger partial charge on any atom is -0.393 e. The number of carbonyl (C=O) groups excluding carboxylic acids is 1. The summed E-state index contributed by atoms with van der Waals surface area (Å²) in [7, 11) is 1.70. The molecule has 2 aromatic carbocycles. The second-order valence-corrected chi connectivity index (χ2v) is 15.9. The van der Waals surface area contributed by atoms with Crippen LogP contribution in [0.1, 0.15) is 124 Å². The molecule has 0 spiro atoms. The number of hydrogen-bond donors (Lipinski definition) is 3. The van der Waals surface area contributed by atoms with Gasteiger partial charge in [-0.05, 0) is 99.8 Å². The van der Waals surface area contributed by atoms with Gasteiger partial charge in [-0.2, -0.15) is 0 Å². The van der Waals surface area contributed by atoms with Crippen LogP contribution in [0.15, 0.2) is 60.2 Å². The van der Waals surface area contributed by atoms with Crippen molar-refractivity contribution in [2.75, 3.05) is 40.0 Å². The highest BCUT2D eigenvalue weighted by Gasteiger charge is 2.57. The molecule has 2 saturated carbocycles. The van der Waals surface area contributed by atoms with Crippen LogP contribution in [-0.2, 0) is 22.5 Å². The van der Waals surface area contributed by atoms with Gasteiger partial charge in [-0.3, -0.25) is 9.69 Å². The Hall–Kier alpha value is -2.39. The predicted octanol–water partition coefficient (Wildman–Crippen LogP) is 7.40. The normalized spacial score (nSPS) is 27.1. The van der Waals surface area contributed by atoms with Crippen molar-refractivity contribution in [1.82, 2.24) is 4.90 Å². The van der Waals surface area contributed by atoms with Gasteiger partial charge in [0.2, 0.25) is 0 Å². The third-order valence-electron chi connectivity index (χ3n) is 12.1. The van der Waals surface area contributed by atoms with Crippen molar-refractivity contribution in [1.29, 1.82) is 0 Å². The van der Waals surface area contributed by atoms with Crippen LogP contribution in [0.3, 0.4) is 0 Å². The van der Waals surface area contributed by atoms with Crippen LogP contribution < -0.4 is 0 Å². The zero-order valence-electron chi connectivity index (χ0n) is 31.0. The summed E-state index contributed by atoms with van der Waals surface area (Å²) in [5, 5.41) is 35.0. The molecule has 0 saturated heterocycles. The van der Waals surface area contributed by atoms with Crippen molar-refractivity contribution in [3.63, 3.8) is 0 Å². The lowest BCUT2D eigenvalue weighted by atomic mass is 9.64. The maximum atomic E-state index is 14.4. The van der Waals surface area contributed by atoms with Crippen molar-refractivity contribution < 1.29 is 29.6 Å². The van der Waals surface area contributed by atoms with Crippen LogP contribution in [0.25, 0.3) is 0 Å². The standard InChI is InChI=1S/C43H63NO6/c1-32-12-10-22-42(2)40(38-20-18-34(26-36(45)19-17-32)27-39(38)41(47)35-15-8-5-9-16-35)21-23-43(42,48)31-44(24-11-25-49-3)28-37(46)30-50-29-33-13-6-4-7-14-33/h4,6-7,12-14,18,20,27,35-37,40,45-46,48H,5,8-11,15-17,19,21-26,28-31H2,1-3H3. The summed E-state index contributed by atoms with van der Waals surface area (Å²) in [5.74, 6) is 0.294. The van der Waals surface area contributed by atoms with E-state index in [4.69, 9.17) is 9.47 Å². The number of Topliss-reactive ketones (excluding diaryl/α,β-unsaturated/α-hetero) is 1. The van der Waals surface area contributed by atoms with E-state index in [-0.39, 0.29) is 24.2 Å². The average Bonchev–Trinajstić information content (AvgIpc) is 3.36. The third kappa shape index (κ3) is 9.93. The minimum absolute atomic E-state index is 0.00520. The van der Waals surface area contributed by atoms with Gasteiger partial charge in [0.05, 0.1) is 31.0 Å². The van der Waals surface area contributed by atoms with Crippen LogP contribution in [0.2, 0.25) is 0 Å². The molecule has 50 heavy (non-hydrogen) atoms. The van der Waals surface area contributed by atoms with E-state index < -0.39 is 23.2 Å². The van der Waals surface area contributed by atoms with Gasteiger partial charge in [0.15, 0.2) is 5.78 Å². The van der Waals surface area contributed by atoms with Crippen molar-refractivity contribution in [2.24, 2.45) is 11.3 Å². The summed E-state index contributed by atoms with van der Waals surface area (Å²) in [6, 6.07) is 16.3. The molecule has 2 aromatic rings. The summed E-state index contributed by atoms with van der Waals surface area (Å²) in [5.41, 5.74) is 3.69. The first-order valence-electron chi connectivity index (χ1n) is 19.4. The summed E-state index contributed by atoms with van der Waals surface area (Å²) in [4.78, 5) is 16.6. The zero-order valence-corrected chi connectivity index (χ0v) is 31.0. The van der Waals surface area contributed by atoms with E-state index in [1.165, 1.54) is 12.0 Å². The minimum atomic E-state index is -1.03. The smallest absolute Gasteiger partial charge is 0.166 e. The van der Waals surface area contributed by atoms with Crippen molar-refractivity contribution in [3.05, 3.63) is 82.4 Å². The maximum absolute atomic E-state index is 14.4. The van der Waals surface area contributed by atoms with E-state index in [1.807, 2.05) is 30.3 Å². The van der Waals surface area contributed by atoms with Crippen molar-refractivity contribution >= 4 is 5.78 Å². The highest BCUT2D eigenvalue weighted by atomic mass is 16.5. The summed E-state index contributed by atoms with van der Waals surface area (Å²) in [6.07, 6.45) is 12.3. The van der Waals surface area contributed by atoms with Crippen LogP contribution in [0, 0.1) is 11.3 Å². The lowest BCUT2D eigenvalue weighted by molar-refractivity contribution is -0.0913. The first-order valence-corrected chi connectivity index (χ1v) is 19.4. The Morgan fingerprint density at radius 1 is 1.04 bits per heavy atom. The average molecular weight is 690 g/mol. The van der Waals surface area contributed by atoms with E-state index in [9.17, 15) is 20.1 Å². The van der Waals surface area contributed by atoms with Gasteiger partial charge in [-0.15, -0.1) is 0 Å². The third-order valence-corrected chi connectivity index (χ3v) is 12.1. The Morgan fingerprint density at radius 2 is 1.82 bits per heavy atom. The van der Waals surface area contributed by atoms with E-state index >= 15 is 0 Å². The van der Waals surface area contributed by atoms with E-state index in [2.05, 4.69) is 43.0 Å². The molecule has 0 aliphatic heterocycles. The molecular weight excluding hydrogens is 626 g/mol. The molecule has 2 fully saturated rings. The topological polar surface area (TPSA) is 99.5 Å². The van der Waals surface area contributed by atoms with Gasteiger partial charge in [0, 0.05) is 50.2 Å². The molecule has 276 valence electrons. The number of methoxy groups -OCH3 is 1. The Morgan fingerprint density at radius 3 is 2.58 bits per heavy atom. The summed E-state index contributed by atoms with van der Waals surface area (Å²) >= 11 is 0. The zero-order chi connectivity index (χ0) is 35.6. The molecule has 5 unspecified atom stereocenters. The van der Waals surface area contributed by atoms with Crippen molar-refractivity contribution in [3.8, 4) is 0 Å². The second kappa shape index (κ2) is 18.4. The number of benzene rings is 2. The molecule has 5 atom stereocenters. The fourth-order valence-electron chi connectivity index (χ4n) is 9.07. The van der Waals surface area contributed by atoms with Gasteiger partial charge in [0.1, 0.15) is 0 Å². The summed E-state index contributed by atoms with van der Waals surface area (Å²) < 4.78 is 11.3. The number of nitrogens with zero attached hydrogens (tertiary/aromatic N) is 1. The molecule has 0 aromatic heterocycles. The lowest BCUT2D eigenvalue weighted by Gasteiger charge is -2.46. The van der Waals surface area contributed by atoms with Crippen LogP contribution >= 0.6 is 0 Å². The molecule has 0 amide bonds. The number of rotatable bonds is 14. The predicted molar refractivity (Wildman–Crippen MR) is 199 cm³/mol. The summed E-state index contributed by atoms with van der Waals surface area (Å²) in [6.45, 7) is 7.16. The van der Waals surface area contributed by atoms with E-state index in [0.717, 1.165) is 80.0 Å². The van der Waals surface area contributed by atoms with Gasteiger partial charge in [-0.1, -0.05) is 80.3 Å². The van der Waals surface area contributed by atoms with E-state index in [0.29, 0.717) is 52.1 Å². The molecule has 2 bridgehead atoms. The molecule has 3 N–H and O–H groups in total. The van der Waals surface area contributed by atoms with E-state index in [1.54, 1.807) is 7.11 Å². The molecule has 7 heteroatoms. The maximum Gasteiger partial charge on any atom is 0.166 e. The molecule has 7 nitrogen and oxygen atoms in total. The second-order valence-electron chi connectivity index (χ2n) is 15.9. The SMILES string of the molecule is COCCCN(CC(O)COCc1ccccc1)CC1(O)CCC2c3ccc(cc3C(=O)C3CCCCC3)CC(O)CCC(C)=CCCC21C. The number of fused-ring (bicyclic) bond motifs is 8. The first kappa shape index (κ1) is 38.8. The number of allylic oxidation sites excluding steroid dienone is 2. The highest BCUT2D eigenvalue weighted by molar-refractivity contribution is 5.99. The van der Waals surface area contributed by atoms with Gasteiger partial charge in [0.25, 0.3) is 0 Å².